The van der Waals surface area contributed by atoms with Crippen molar-refractivity contribution in [1.29, 1.82) is 0 Å². The maximum absolute atomic E-state index is 5.94. The van der Waals surface area contributed by atoms with E-state index in [1.165, 1.54) is 0 Å². The molecule has 0 aliphatic heterocycles. The molecule has 0 fully saturated rings. The molecule has 0 aliphatic rings. The molecule has 1 N–H and O–H groups in total. The van der Waals surface area contributed by atoms with Crippen molar-refractivity contribution in [2.75, 3.05) is 0 Å². The molecule has 3 nitrogen and oxygen atoms in total. The van der Waals surface area contributed by atoms with Gasteiger partial charge in [0.2, 0.25) is 0 Å². The Morgan fingerprint density at radius 2 is 1.89 bits per heavy atom. The highest BCUT2D eigenvalue weighted by molar-refractivity contribution is 7.71. The van der Waals surface area contributed by atoms with Gasteiger partial charge in [0, 0.05) is 22.0 Å². The molecular weight excluding hydrogens is 278 g/mol. The zero-order valence-corrected chi connectivity index (χ0v) is 12.1. The molecule has 0 unspecified atom stereocenters. The zero-order valence-electron chi connectivity index (χ0n) is 10.6. The Hall–Kier alpha value is -1.65. The first-order valence-electron chi connectivity index (χ1n) is 5.91. The summed E-state index contributed by atoms with van der Waals surface area (Å²) in [6.45, 7) is 3.96. The Bertz CT molecular complexity index is 815. The predicted octanol–water partition coefficient (Wildman–Crippen LogP) is 4.33. The van der Waals surface area contributed by atoms with Gasteiger partial charge in [0.25, 0.3) is 0 Å². The minimum atomic E-state index is 0.724. The lowest BCUT2D eigenvalue weighted by Gasteiger charge is -2.01. The summed E-state index contributed by atoms with van der Waals surface area (Å²) in [6, 6.07) is 9.62. The summed E-state index contributed by atoms with van der Waals surface area (Å²) in [5, 5.41) is 3.98. The number of rotatable bonds is 1. The van der Waals surface area contributed by atoms with Gasteiger partial charge in [0.1, 0.15) is 4.64 Å². The lowest BCUT2D eigenvalue weighted by atomic mass is 10.1. The number of hydrogen-bond donors (Lipinski definition) is 1. The molecule has 1 aromatic carbocycles. The minimum Gasteiger partial charge on any atom is -0.295 e. The lowest BCUT2D eigenvalue weighted by molar-refractivity contribution is 0.896. The minimum absolute atomic E-state index is 0.724. The molecule has 0 spiro atoms. The van der Waals surface area contributed by atoms with Crippen molar-refractivity contribution in [3.63, 3.8) is 0 Å². The fourth-order valence-electron chi connectivity index (χ4n) is 2.23. The normalized spacial score (nSPS) is 11.1. The fraction of sp³-hybridized carbons (Fsp3) is 0.143. The maximum atomic E-state index is 5.94. The van der Waals surface area contributed by atoms with Gasteiger partial charge in [-0.25, -0.2) is 9.50 Å². The van der Waals surface area contributed by atoms with Crippen LogP contribution >= 0.6 is 23.8 Å². The number of nitrogens with one attached hydrogen (secondary N) is 1. The second-order valence-electron chi connectivity index (χ2n) is 4.51. The average molecular weight is 290 g/mol. The van der Waals surface area contributed by atoms with Crippen LogP contribution in [0.4, 0.5) is 0 Å². The number of halogens is 1. The first-order valence-corrected chi connectivity index (χ1v) is 6.70. The Morgan fingerprint density at radius 3 is 2.58 bits per heavy atom. The Balaban J connectivity index is 2.37. The van der Waals surface area contributed by atoms with Gasteiger partial charge < -0.3 is 0 Å². The molecule has 0 bridgehead atoms. The fourth-order valence-corrected chi connectivity index (χ4v) is 2.65. The van der Waals surface area contributed by atoms with Crippen molar-refractivity contribution in [2.24, 2.45) is 0 Å². The van der Waals surface area contributed by atoms with E-state index < -0.39 is 0 Å². The van der Waals surface area contributed by atoms with Gasteiger partial charge in [-0.2, -0.15) is 0 Å². The Kier molecular flexibility index (Phi) is 2.92. The van der Waals surface area contributed by atoms with Crippen molar-refractivity contribution >= 4 is 29.5 Å². The molecule has 0 atom stereocenters. The highest BCUT2D eigenvalue weighted by atomic mass is 35.5. The molecule has 0 aliphatic carbocycles. The van der Waals surface area contributed by atoms with E-state index in [9.17, 15) is 0 Å². The number of benzene rings is 1. The summed E-state index contributed by atoms with van der Waals surface area (Å²) in [5.41, 5.74) is 4.94. The first kappa shape index (κ1) is 12.4. The van der Waals surface area contributed by atoms with Crippen LogP contribution in [0.15, 0.2) is 30.3 Å². The van der Waals surface area contributed by atoms with Crippen LogP contribution in [0.25, 0.3) is 16.8 Å². The number of hydrogen-bond acceptors (Lipinski definition) is 2. The van der Waals surface area contributed by atoms with Crippen molar-refractivity contribution in [3.8, 4) is 11.1 Å². The van der Waals surface area contributed by atoms with Gasteiger partial charge in [-0.1, -0.05) is 36.0 Å². The topological polar surface area (TPSA) is 33.1 Å². The molecule has 19 heavy (non-hydrogen) atoms. The van der Waals surface area contributed by atoms with Gasteiger partial charge in [-0.3, -0.25) is 5.10 Å². The first-order chi connectivity index (χ1) is 9.06. The number of aromatic nitrogens is 3. The van der Waals surface area contributed by atoms with Crippen molar-refractivity contribution < 1.29 is 0 Å². The molecule has 2 aromatic heterocycles. The quantitative estimate of drug-likeness (QED) is 0.677. The number of aromatic amines is 1. The number of aryl methyl sites for hydroxylation is 2. The standard InChI is InChI=1S/C14H12ClN3S/c1-8-7-12(19)18-14(16-8)13(9(2)17-18)10-3-5-11(15)6-4-10/h3-7,17H,1-2H3. The van der Waals surface area contributed by atoms with Crippen LogP contribution in [0.3, 0.4) is 0 Å². The number of nitrogens with zero attached hydrogens (tertiary/aromatic N) is 2. The molecule has 3 rings (SSSR count). The third kappa shape index (κ3) is 2.07. The second kappa shape index (κ2) is 4.47. The number of fused-ring (bicyclic) bond motifs is 1. The smallest absolute Gasteiger partial charge is 0.162 e. The monoisotopic (exact) mass is 289 g/mol. The molecule has 0 saturated carbocycles. The third-order valence-electron chi connectivity index (χ3n) is 3.06. The highest BCUT2D eigenvalue weighted by Crippen LogP contribution is 2.28. The van der Waals surface area contributed by atoms with E-state index in [2.05, 4.69) is 10.1 Å². The summed E-state index contributed by atoms with van der Waals surface area (Å²) < 4.78 is 2.56. The van der Waals surface area contributed by atoms with E-state index in [1.807, 2.05) is 48.7 Å². The maximum Gasteiger partial charge on any atom is 0.162 e. The summed E-state index contributed by atoms with van der Waals surface area (Å²) >= 11 is 11.3. The molecule has 5 heteroatoms. The largest absolute Gasteiger partial charge is 0.295 e. The van der Waals surface area contributed by atoms with Crippen LogP contribution in [-0.4, -0.2) is 14.6 Å². The van der Waals surface area contributed by atoms with Gasteiger partial charge >= 0.3 is 0 Å². The van der Waals surface area contributed by atoms with E-state index in [-0.39, 0.29) is 0 Å². The number of H-pyrrole nitrogens is 1. The molecule has 0 amide bonds. The van der Waals surface area contributed by atoms with E-state index in [0.717, 1.165) is 37.8 Å². The van der Waals surface area contributed by atoms with Gasteiger partial charge in [0.15, 0.2) is 5.65 Å². The highest BCUT2D eigenvalue weighted by Gasteiger charge is 2.12. The van der Waals surface area contributed by atoms with E-state index in [0.29, 0.717) is 0 Å². The molecular formula is C14H12ClN3S. The molecule has 0 radical (unpaired) electrons. The zero-order chi connectivity index (χ0) is 13.6. The van der Waals surface area contributed by atoms with E-state index in [4.69, 9.17) is 23.8 Å². The van der Waals surface area contributed by atoms with Crippen LogP contribution in [-0.2, 0) is 0 Å². The molecule has 2 heterocycles. The summed E-state index contributed by atoms with van der Waals surface area (Å²) in [5.74, 6) is 0. The van der Waals surface area contributed by atoms with Crippen LogP contribution in [0.1, 0.15) is 11.4 Å². The van der Waals surface area contributed by atoms with Gasteiger partial charge in [-0.15, -0.1) is 0 Å². The van der Waals surface area contributed by atoms with Crippen LogP contribution in [0, 0.1) is 18.5 Å². The van der Waals surface area contributed by atoms with Crippen molar-refractivity contribution in [3.05, 3.63) is 51.4 Å². The van der Waals surface area contributed by atoms with E-state index in [1.54, 1.807) is 0 Å². The summed E-state index contributed by atoms with van der Waals surface area (Å²) in [7, 11) is 0. The summed E-state index contributed by atoms with van der Waals surface area (Å²) in [4.78, 5) is 4.59. The second-order valence-corrected chi connectivity index (χ2v) is 5.37. The van der Waals surface area contributed by atoms with Crippen molar-refractivity contribution in [1.82, 2.24) is 14.6 Å². The van der Waals surface area contributed by atoms with E-state index >= 15 is 0 Å². The average Bonchev–Trinajstić information content (AvgIpc) is 2.67. The predicted molar refractivity (Wildman–Crippen MR) is 80.3 cm³/mol. The summed E-state index contributed by atoms with van der Waals surface area (Å²) in [6.07, 6.45) is 0. The molecule has 96 valence electrons. The molecule has 3 aromatic rings. The Labute approximate surface area is 120 Å². The SMILES string of the molecule is Cc1cc(=S)n2[nH]c(C)c(-c3ccc(Cl)cc3)c2n1. The van der Waals surface area contributed by atoms with Gasteiger partial charge in [-0.05, 0) is 37.6 Å². The lowest BCUT2D eigenvalue weighted by Crippen LogP contribution is -1.94. The van der Waals surface area contributed by atoms with Crippen LogP contribution < -0.4 is 0 Å². The van der Waals surface area contributed by atoms with Crippen LogP contribution in [0.5, 0.6) is 0 Å². The molecule has 0 saturated heterocycles. The third-order valence-corrected chi connectivity index (χ3v) is 3.61. The Morgan fingerprint density at radius 1 is 1.21 bits per heavy atom. The van der Waals surface area contributed by atoms with Gasteiger partial charge in [0.05, 0.1) is 0 Å². The van der Waals surface area contributed by atoms with Crippen LogP contribution in [0.2, 0.25) is 5.02 Å². The van der Waals surface area contributed by atoms with Crippen molar-refractivity contribution in [2.45, 2.75) is 13.8 Å².